The summed E-state index contributed by atoms with van der Waals surface area (Å²) in [4.78, 5) is 52.3. The summed E-state index contributed by atoms with van der Waals surface area (Å²) in [6.07, 6.45) is 0.381. The van der Waals surface area contributed by atoms with Crippen molar-refractivity contribution in [1.82, 2.24) is 15.5 Å². The van der Waals surface area contributed by atoms with Crippen LogP contribution in [0, 0.1) is 5.92 Å². The Hall–Kier alpha value is -3.56. The van der Waals surface area contributed by atoms with Gasteiger partial charge in [0.25, 0.3) is 0 Å². The Balaban J connectivity index is 2.17. The van der Waals surface area contributed by atoms with Crippen LogP contribution in [-0.2, 0) is 30.4 Å². The van der Waals surface area contributed by atoms with Crippen molar-refractivity contribution in [1.29, 1.82) is 0 Å². The number of nitrogens with one attached hydrogen (secondary N) is 2. The smallest absolute Gasteiger partial charge is 0.408 e. The SMILES string of the molecule is C=CC[C@H]1CN(C(=O)[C@H](C)NC(=O)OC(C)(C)C)C[C@@]1(NC(=O)OCc1ccccc1)C(=O)OC. The number of carbonyl (C=O) groups is 4. The van der Waals surface area contributed by atoms with Crippen molar-refractivity contribution in [2.45, 2.75) is 57.9 Å². The minimum absolute atomic E-state index is 0.00946. The van der Waals surface area contributed by atoms with E-state index in [1.165, 1.54) is 18.9 Å². The molecular formula is C25H35N3O7. The van der Waals surface area contributed by atoms with Gasteiger partial charge in [-0.2, -0.15) is 0 Å². The summed E-state index contributed by atoms with van der Waals surface area (Å²) in [7, 11) is 1.21. The van der Waals surface area contributed by atoms with Crippen molar-refractivity contribution < 1.29 is 33.4 Å². The largest absolute Gasteiger partial charge is 0.467 e. The number of carbonyl (C=O) groups excluding carboxylic acids is 4. The van der Waals surface area contributed by atoms with Gasteiger partial charge in [-0.05, 0) is 39.7 Å². The zero-order valence-corrected chi connectivity index (χ0v) is 21.0. The number of esters is 1. The number of allylic oxidation sites excluding steroid dienone is 1. The zero-order valence-electron chi connectivity index (χ0n) is 21.0. The number of hydrogen-bond donors (Lipinski definition) is 2. The number of hydrogen-bond acceptors (Lipinski definition) is 7. The van der Waals surface area contributed by atoms with E-state index in [-0.39, 0.29) is 19.7 Å². The Morgan fingerprint density at radius 2 is 1.86 bits per heavy atom. The van der Waals surface area contributed by atoms with Gasteiger partial charge >= 0.3 is 18.2 Å². The minimum Gasteiger partial charge on any atom is -0.467 e. The first-order valence-electron chi connectivity index (χ1n) is 11.4. The molecule has 3 amide bonds. The van der Waals surface area contributed by atoms with E-state index >= 15 is 0 Å². The maximum absolute atomic E-state index is 13.1. The lowest BCUT2D eigenvalue weighted by Gasteiger charge is -2.32. The van der Waals surface area contributed by atoms with Gasteiger partial charge in [0.1, 0.15) is 18.2 Å². The van der Waals surface area contributed by atoms with E-state index in [1.807, 2.05) is 18.2 Å². The third-order valence-electron chi connectivity index (χ3n) is 5.53. The van der Waals surface area contributed by atoms with Crippen molar-refractivity contribution in [3.63, 3.8) is 0 Å². The summed E-state index contributed by atoms with van der Waals surface area (Å²) in [5, 5.41) is 5.16. The second-order valence-electron chi connectivity index (χ2n) is 9.46. The van der Waals surface area contributed by atoms with Crippen LogP contribution in [0.15, 0.2) is 43.0 Å². The average Bonchev–Trinajstić information content (AvgIpc) is 3.15. The van der Waals surface area contributed by atoms with Crippen LogP contribution >= 0.6 is 0 Å². The molecule has 0 bridgehead atoms. The third kappa shape index (κ3) is 7.46. The first-order valence-corrected chi connectivity index (χ1v) is 11.4. The molecule has 1 fully saturated rings. The number of alkyl carbamates (subject to hydrolysis) is 2. The Labute approximate surface area is 206 Å². The molecule has 35 heavy (non-hydrogen) atoms. The predicted molar refractivity (Wildman–Crippen MR) is 128 cm³/mol. The Morgan fingerprint density at radius 1 is 1.20 bits per heavy atom. The standard InChI is InChI=1S/C25H35N3O7/c1-7-11-19-14-28(20(29)17(2)26-22(31)35-24(3,4)5)16-25(19,21(30)33-6)27-23(32)34-15-18-12-9-8-10-13-18/h7-10,12-13,17,19H,1,11,14-16H2,2-6H3,(H,26,31)(H,27,32)/t17-,19-,25-/m0/s1. The number of likely N-dealkylation sites (tertiary alicyclic amines) is 1. The van der Waals surface area contributed by atoms with Crippen molar-refractivity contribution in [3.8, 4) is 0 Å². The molecule has 1 aliphatic heterocycles. The van der Waals surface area contributed by atoms with Gasteiger partial charge in [-0.1, -0.05) is 36.4 Å². The van der Waals surface area contributed by atoms with Crippen LogP contribution in [0.1, 0.15) is 39.7 Å². The van der Waals surface area contributed by atoms with Crippen LogP contribution in [-0.4, -0.2) is 66.3 Å². The zero-order chi connectivity index (χ0) is 26.2. The molecule has 0 unspecified atom stereocenters. The summed E-state index contributed by atoms with van der Waals surface area (Å²) in [6, 6.07) is 8.17. The number of benzene rings is 1. The van der Waals surface area contributed by atoms with E-state index in [2.05, 4.69) is 17.2 Å². The topological polar surface area (TPSA) is 123 Å². The van der Waals surface area contributed by atoms with Gasteiger partial charge in [0.05, 0.1) is 13.7 Å². The lowest BCUT2D eigenvalue weighted by molar-refractivity contribution is -0.149. The van der Waals surface area contributed by atoms with Crippen molar-refractivity contribution in [2.24, 2.45) is 5.92 Å². The molecule has 0 aromatic heterocycles. The van der Waals surface area contributed by atoms with Crippen LogP contribution in [0.2, 0.25) is 0 Å². The molecule has 2 N–H and O–H groups in total. The van der Waals surface area contributed by atoms with Gasteiger partial charge in [-0.3, -0.25) is 4.79 Å². The number of amides is 3. The Bertz CT molecular complexity index is 929. The highest BCUT2D eigenvalue weighted by atomic mass is 16.6. The molecule has 10 heteroatoms. The van der Waals surface area contributed by atoms with E-state index in [9.17, 15) is 19.2 Å². The first-order chi connectivity index (χ1) is 16.4. The van der Waals surface area contributed by atoms with Crippen LogP contribution in [0.5, 0.6) is 0 Å². The first kappa shape index (κ1) is 27.7. The van der Waals surface area contributed by atoms with Crippen molar-refractivity contribution in [2.75, 3.05) is 20.2 Å². The highest BCUT2D eigenvalue weighted by Gasteiger charge is 2.55. The summed E-state index contributed by atoms with van der Waals surface area (Å²) in [5.41, 5.74) is -1.49. The fourth-order valence-electron chi connectivity index (χ4n) is 3.93. The Kier molecular flexibility index (Phi) is 9.27. The van der Waals surface area contributed by atoms with Gasteiger partial charge < -0.3 is 29.7 Å². The summed E-state index contributed by atoms with van der Waals surface area (Å²) >= 11 is 0. The van der Waals surface area contributed by atoms with Crippen LogP contribution in [0.3, 0.4) is 0 Å². The van der Waals surface area contributed by atoms with E-state index in [0.29, 0.717) is 6.42 Å². The molecule has 2 rings (SSSR count). The molecule has 1 saturated heterocycles. The summed E-state index contributed by atoms with van der Waals surface area (Å²) < 4.78 is 15.5. The van der Waals surface area contributed by atoms with E-state index in [4.69, 9.17) is 14.2 Å². The van der Waals surface area contributed by atoms with Crippen LogP contribution in [0.4, 0.5) is 9.59 Å². The van der Waals surface area contributed by atoms with Gasteiger partial charge in [-0.15, -0.1) is 6.58 Å². The van der Waals surface area contributed by atoms with E-state index < -0.39 is 47.2 Å². The quantitative estimate of drug-likeness (QED) is 0.327. The average molecular weight is 490 g/mol. The molecule has 0 saturated carbocycles. The van der Waals surface area contributed by atoms with Crippen molar-refractivity contribution in [3.05, 3.63) is 48.6 Å². The van der Waals surface area contributed by atoms with Crippen LogP contribution in [0.25, 0.3) is 0 Å². The predicted octanol–water partition coefficient (Wildman–Crippen LogP) is 2.77. The molecular weight excluding hydrogens is 454 g/mol. The van der Waals surface area contributed by atoms with Gasteiger partial charge in [0.15, 0.2) is 5.54 Å². The highest BCUT2D eigenvalue weighted by Crippen LogP contribution is 2.33. The molecule has 1 aromatic rings. The van der Waals surface area contributed by atoms with Gasteiger partial charge in [-0.25, -0.2) is 14.4 Å². The fraction of sp³-hybridized carbons (Fsp3) is 0.520. The number of methoxy groups -OCH3 is 1. The summed E-state index contributed by atoms with van der Waals surface area (Å²) in [6.45, 7) is 10.4. The fourth-order valence-corrected chi connectivity index (χ4v) is 3.93. The highest BCUT2D eigenvalue weighted by molar-refractivity contribution is 5.90. The lowest BCUT2D eigenvalue weighted by Crippen LogP contribution is -2.61. The molecule has 0 spiro atoms. The van der Waals surface area contributed by atoms with Gasteiger partial charge in [0.2, 0.25) is 5.91 Å². The number of nitrogens with zero attached hydrogens (tertiary/aromatic N) is 1. The van der Waals surface area contributed by atoms with Crippen LogP contribution < -0.4 is 10.6 Å². The molecule has 10 nitrogen and oxygen atoms in total. The third-order valence-corrected chi connectivity index (χ3v) is 5.53. The normalized spacial score (nSPS) is 20.4. The lowest BCUT2D eigenvalue weighted by atomic mass is 9.84. The summed E-state index contributed by atoms with van der Waals surface area (Å²) in [5.74, 6) is -1.66. The van der Waals surface area contributed by atoms with Gasteiger partial charge in [0, 0.05) is 12.5 Å². The molecule has 0 radical (unpaired) electrons. The number of rotatable bonds is 8. The second-order valence-corrected chi connectivity index (χ2v) is 9.46. The van der Waals surface area contributed by atoms with E-state index in [0.717, 1.165) is 5.56 Å². The minimum atomic E-state index is -1.54. The van der Waals surface area contributed by atoms with E-state index in [1.54, 1.807) is 39.0 Å². The molecule has 3 atom stereocenters. The maximum atomic E-state index is 13.1. The Morgan fingerprint density at radius 3 is 2.43 bits per heavy atom. The molecule has 1 heterocycles. The monoisotopic (exact) mass is 489 g/mol. The molecule has 1 aromatic carbocycles. The van der Waals surface area contributed by atoms with Crippen molar-refractivity contribution >= 4 is 24.1 Å². The molecule has 0 aliphatic carbocycles. The second kappa shape index (κ2) is 11.7. The number of ether oxygens (including phenoxy) is 3. The molecule has 1 aliphatic rings. The molecule has 192 valence electrons. The maximum Gasteiger partial charge on any atom is 0.408 e.